The Kier molecular flexibility index (Phi) is 12.1. The molecule has 0 spiro atoms. The fraction of sp³-hybridized carbons (Fsp3) is 0.778. The zero-order valence-electron chi connectivity index (χ0n) is 13.6. The van der Waals surface area contributed by atoms with Gasteiger partial charge in [-0.2, -0.15) is 0 Å². The number of hydrogen-bond acceptors (Lipinski definition) is 1. The maximum absolute atomic E-state index is 5.70. The number of allylic oxidation sites excluding steroid dienone is 4. The first-order valence-corrected chi connectivity index (χ1v) is 8.02. The van der Waals surface area contributed by atoms with Crippen molar-refractivity contribution in [2.75, 3.05) is 6.61 Å². The van der Waals surface area contributed by atoms with E-state index in [1.54, 1.807) is 0 Å². The van der Waals surface area contributed by atoms with Crippen molar-refractivity contribution in [2.24, 2.45) is 0 Å². The molecule has 0 rings (SSSR count). The van der Waals surface area contributed by atoms with Crippen LogP contribution in [-0.4, -0.2) is 12.2 Å². The van der Waals surface area contributed by atoms with Crippen LogP contribution >= 0.6 is 0 Å². The highest BCUT2D eigenvalue weighted by molar-refractivity contribution is 5.02. The molecule has 0 bridgehead atoms. The van der Waals surface area contributed by atoms with E-state index in [-0.39, 0.29) is 5.60 Å². The first-order chi connectivity index (χ1) is 9.06. The van der Waals surface area contributed by atoms with E-state index in [1.807, 2.05) is 0 Å². The summed E-state index contributed by atoms with van der Waals surface area (Å²) in [5, 5.41) is 0. The highest BCUT2D eigenvalue weighted by Gasteiger charge is 2.08. The van der Waals surface area contributed by atoms with Crippen molar-refractivity contribution in [1.29, 1.82) is 0 Å². The van der Waals surface area contributed by atoms with Gasteiger partial charge in [0.2, 0.25) is 0 Å². The van der Waals surface area contributed by atoms with E-state index < -0.39 is 0 Å². The maximum Gasteiger partial charge on any atom is 0.0598 e. The lowest BCUT2D eigenvalue weighted by Crippen LogP contribution is -2.19. The van der Waals surface area contributed by atoms with Crippen LogP contribution in [0.5, 0.6) is 0 Å². The van der Waals surface area contributed by atoms with E-state index in [0.29, 0.717) is 0 Å². The third kappa shape index (κ3) is 17.4. The van der Waals surface area contributed by atoms with Crippen LogP contribution in [0.2, 0.25) is 0 Å². The van der Waals surface area contributed by atoms with Crippen molar-refractivity contribution in [3.05, 3.63) is 24.3 Å². The summed E-state index contributed by atoms with van der Waals surface area (Å²) < 4.78 is 5.70. The normalized spacial score (nSPS) is 12.8. The second kappa shape index (κ2) is 12.5. The Morgan fingerprint density at radius 1 is 0.789 bits per heavy atom. The molecule has 1 heteroatoms. The molecule has 19 heavy (non-hydrogen) atoms. The summed E-state index contributed by atoms with van der Waals surface area (Å²) in [5.41, 5.74) is 0.0239. The molecule has 0 N–H and O–H groups in total. The van der Waals surface area contributed by atoms with Gasteiger partial charge in [-0.25, -0.2) is 0 Å². The van der Waals surface area contributed by atoms with Gasteiger partial charge in [-0.05, 0) is 46.5 Å². The Hall–Kier alpha value is -0.560. The van der Waals surface area contributed by atoms with Gasteiger partial charge in [0.1, 0.15) is 0 Å². The summed E-state index contributed by atoms with van der Waals surface area (Å²) in [6.45, 7) is 9.48. The zero-order chi connectivity index (χ0) is 14.4. The lowest BCUT2D eigenvalue weighted by Gasteiger charge is -2.19. The predicted molar refractivity (Wildman–Crippen MR) is 86.6 cm³/mol. The first-order valence-electron chi connectivity index (χ1n) is 8.02. The fourth-order valence-corrected chi connectivity index (χ4v) is 1.79. The Labute approximate surface area is 121 Å². The van der Waals surface area contributed by atoms with E-state index in [1.165, 1.54) is 51.4 Å². The minimum absolute atomic E-state index is 0.0239. The third-order valence-corrected chi connectivity index (χ3v) is 2.89. The van der Waals surface area contributed by atoms with Crippen LogP contribution in [0.15, 0.2) is 24.3 Å². The summed E-state index contributed by atoms with van der Waals surface area (Å²) in [7, 11) is 0. The van der Waals surface area contributed by atoms with Crippen molar-refractivity contribution in [3.63, 3.8) is 0 Å². The number of hydrogen-bond donors (Lipinski definition) is 0. The van der Waals surface area contributed by atoms with Crippen LogP contribution < -0.4 is 0 Å². The average molecular weight is 266 g/mol. The van der Waals surface area contributed by atoms with E-state index in [2.05, 4.69) is 52.0 Å². The molecule has 0 aliphatic rings. The molecule has 0 fully saturated rings. The van der Waals surface area contributed by atoms with E-state index in [9.17, 15) is 0 Å². The van der Waals surface area contributed by atoms with Crippen LogP contribution in [0.4, 0.5) is 0 Å². The van der Waals surface area contributed by atoms with Crippen molar-refractivity contribution in [1.82, 2.24) is 0 Å². The SMILES string of the molecule is CCC/C=C/C=C/CCCCCCCOC(C)(C)C. The van der Waals surface area contributed by atoms with Crippen molar-refractivity contribution in [2.45, 2.75) is 84.7 Å². The molecule has 0 aliphatic heterocycles. The maximum atomic E-state index is 5.70. The molecule has 112 valence electrons. The van der Waals surface area contributed by atoms with Crippen LogP contribution in [0.25, 0.3) is 0 Å². The Balaban J connectivity index is 3.19. The number of rotatable bonds is 11. The molecule has 0 heterocycles. The molecule has 0 saturated carbocycles. The lowest BCUT2D eigenvalue weighted by atomic mass is 10.1. The lowest BCUT2D eigenvalue weighted by molar-refractivity contribution is -0.00474. The van der Waals surface area contributed by atoms with Gasteiger partial charge in [-0.15, -0.1) is 0 Å². The quantitative estimate of drug-likeness (QED) is 0.326. The Morgan fingerprint density at radius 2 is 1.37 bits per heavy atom. The summed E-state index contributed by atoms with van der Waals surface area (Å²) in [6.07, 6.45) is 19.0. The molecule has 0 aliphatic carbocycles. The van der Waals surface area contributed by atoms with Crippen molar-refractivity contribution >= 4 is 0 Å². The van der Waals surface area contributed by atoms with E-state index >= 15 is 0 Å². The van der Waals surface area contributed by atoms with Gasteiger partial charge in [0.15, 0.2) is 0 Å². The molecule has 0 radical (unpaired) electrons. The molecule has 0 aromatic carbocycles. The van der Waals surface area contributed by atoms with Gasteiger partial charge in [0.25, 0.3) is 0 Å². The van der Waals surface area contributed by atoms with Crippen LogP contribution in [0.1, 0.15) is 79.1 Å². The van der Waals surface area contributed by atoms with E-state index in [0.717, 1.165) is 6.61 Å². The summed E-state index contributed by atoms with van der Waals surface area (Å²) in [6, 6.07) is 0. The molecule has 0 saturated heterocycles. The van der Waals surface area contributed by atoms with E-state index in [4.69, 9.17) is 4.74 Å². The van der Waals surface area contributed by atoms with Crippen molar-refractivity contribution in [3.8, 4) is 0 Å². The first kappa shape index (κ1) is 18.4. The predicted octanol–water partition coefficient (Wildman–Crippen LogP) is 6.05. The molecule has 0 aromatic heterocycles. The zero-order valence-corrected chi connectivity index (χ0v) is 13.6. The molecule has 0 atom stereocenters. The topological polar surface area (TPSA) is 9.23 Å². The van der Waals surface area contributed by atoms with Crippen LogP contribution in [0.3, 0.4) is 0 Å². The monoisotopic (exact) mass is 266 g/mol. The average Bonchev–Trinajstić information content (AvgIpc) is 2.34. The second-order valence-corrected chi connectivity index (χ2v) is 6.16. The summed E-state index contributed by atoms with van der Waals surface area (Å²) in [4.78, 5) is 0. The van der Waals surface area contributed by atoms with Gasteiger partial charge in [-0.1, -0.05) is 56.9 Å². The van der Waals surface area contributed by atoms with Crippen LogP contribution in [-0.2, 0) is 4.74 Å². The Bertz CT molecular complexity index is 233. The third-order valence-electron chi connectivity index (χ3n) is 2.89. The molecule has 0 aromatic rings. The largest absolute Gasteiger partial charge is 0.376 e. The standard InChI is InChI=1S/C18H34O/c1-5-6-7-8-9-10-11-12-13-14-15-16-17-19-18(2,3)4/h7-10H,5-6,11-17H2,1-4H3/b8-7+,10-9+. The molecule has 0 amide bonds. The van der Waals surface area contributed by atoms with Gasteiger partial charge in [0.05, 0.1) is 5.60 Å². The van der Waals surface area contributed by atoms with Gasteiger partial charge < -0.3 is 4.74 Å². The smallest absolute Gasteiger partial charge is 0.0598 e. The minimum Gasteiger partial charge on any atom is -0.376 e. The molecule has 1 nitrogen and oxygen atoms in total. The van der Waals surface area contributed by atoms with Crippen LogP contribution in [0, 0.1) is 0 Å². The molecule has 0 unspecified atom stereocenters. The highest BCUT2D eigenvalue weighted by atomic mass is 16.5. The van der Waals surface area contributed by atoms with Gasteiger partial charge >= 0.3 is 0 Å². The summed E-state index contributed by atoms with van der Waals surface area (Å²) in [5.74, 6) is 0. The van der Waals surface area contributed by atoms with Gasteiger partial charge in [-0.3, -0.25) is 0 Å². The minimum atomic E-state index is 0.0239. The Morgan fingerprint density at radius 3 is 2.00 bits per heavy atom. The van der Waals surface area contributed by atoms with Crippen molar-refractivity contribution < 1.29 is 4.74 Å². The molecular formula is C18H34O. The second-order valence-electron chi connectivity index (χ2n) is 6.16. The van der Waals surface area contributed by atoms with Gasteiger partial charge in [0, 0.05) is 6.61 Å². The number of ether oxygens (including phenoxy) is 1. The number of unbranched alkanes of at least 4 members (excludes halogenated alkanes) is 6. The summed E-state index contributed by atoms with van der Waals surface area (Å²) >= 11 is 0. The highest BCUT2D eigenvalue weighted by Crippen LogP contribution is 2.10. The fourth-order valence-electron chi connectivity index (χ4n) is 1.79. The molecular weight excluding hydrogens is 232 g/mol.